The van der Waals surface area contributed by atoms with Crippen molar-refractivity contribution in [3.05, 3.63) is 30.2 Å². The second kappa shape index (κ2) is 4.26. The highest BCUT2D eigenvalue weighted by molar-refractivity contribution is 5.87. The van der Waals surface area contributed by atoms with E-state index in [1.54, 1.807) is 18.2 Å². The maximum atomic E-state index is 12.4. The third-order valence-electron chi connectivity index (χ3n) is 2.62. The van der Waals surface area contributed by atoms with Crippen LogP contribution >= 0.6 is 0 Å². The van der Waals surface area contributed by atoms with E-state index in [4.69, 9.17) is 9.15 Å². The van der Waals surface area contributed by atoms with Crippen LogP contribution in [-0.2, 0) is 6.18 Å². The summed E-state index contributed by atoms with van der Waals surface area (Å²) in [6, 6.07) is 6.55. The van der Waals surface area contributed by atoms with Crippen LogP contribution in [-0.4, -0.2) is 17.3 Å². The molecule has 8 heteroatoms. The van der Waals surface area contributed by atoms with Crippen LogP contribution in [0.3, 0.4) is 0 Å². The van der Waals surface area contributed by atoms with Crippen LogP contribution in [0.4, 0.5) is 13.2 Å². The minimum absolute atomic E-state index is 0.0486. The quantitative estimate of drug-likeness (QED) is 0.720. The van der Waals surface area contributed by atoms with Gasteiger partial charge in [0.1, 0.15) is 11.3 Å². The van der Waals surface area contributed by atoms with Gasteiger partial charge in [-0.1, -0.05) is 6.07 Å². The first kappa shape index (κ1) is 12.5. The summed E-state index contributed by atoms with van der Waals surface area (Å²) in [6.45, 7) is 0. The summed E-state index contributed by atoms with van der Waals surface area (Å²) in [5.74, 6) is -1.17. The topological polar surface area (TPSA) is 61.3 Å². The number of alkyl halides is 3. The van der Waals surface area contributed by atoms with E-state index in [1.807, 2.05) is 0 Å². The smallest absolute Gasteiger partial charge is 0.470 e. The molecule has 20 heavy (non-hydrogen) atoms. The number of furan rings is 1. The maximum Gasteiger partial charge on any atom is 0.470 e. The largest absolute Gasteiger partial charge is 0.496 e. The number of hydrogen-bond acceptors (Lipinski definition) is 5. The zero-order chi connectivity index (χ0) is 14.3. The number of fused-ring (bicyclic) bond motifs is 1. The zero-order valence-electron chi connectivity index (χ0n) is 10.1. The first-order chi connectivity index (χ1) is 9.49. The van der Waals surface area contributed by atoms with Crippen molar-refractivity contribution >= 4 is 11.0 Å². The van der Waals surface area contributed by atoms with E-state index < -0.39 is 12.1 Å². The third kappa shape index (κ3) is 1.98. The second-order valence-corrected chi connectivity index (χ2v) is 3.89. The summed E-state index contributed by atoms with van der Waals surface area (Å²) in [5.41, 5.74) is 0.450. The van der Waals surface area contributed by atoms with Crippen molar-refractivity contribution < 1.29 is 26.7 Å². The number of aromatic nitrogens is 2. The molecule has 2 aromatic heterocycles. The van der Waals surface area contributed by atoms with Crippen molar-refractivity contribution in [2.45, 2.75) is 6.18 Å². The fraction of sp³-hybridized carbons (Fsp3) is 0.167. The molecule has 104 valence electrons. The molecule has 1 aromatic carbocycles. The SMILES string of the molecule is COc1cccc2oc(-c3nnc(C(F)(F)F)o3)cc12. The summed E-state index contributed by atoms with van der Waals surface area (Å²) in [5, 5.41) is 6.88. The summed E-state index contributed by atoms with van der Waals surface area (Å²) in [7, 11) is 1.48. The molecule has 0 saturated heterocycles. The van der Waals surface area contributed by atoms with Crippen molar-refractivity contribution in [2.75, 3.05) is 7.11 Å². The van der Waals surface area contributed by atoms with E-state index in [0.29, 0.717) is 16.7 Å². The predicted octanol–water partition coefficient (Wildman–Crippen LogP) is 3.51. The number of methoxy groups -OCH3 is 1. The van der Waals surface area contributed by atoms with Crippen molar-refractivity contribution in [2.24, 2.45) is 0 Å². The summed E-state index contributed by atoms with van der Waals surface area (Å²) < 4.78 is 52.2. The number of benzene rings is 1. The molecule has 5 nitrogen and oxygen atoms in total. The number of rotatable bonds is 2. The van der Waals surface area contributed by atoms with Gasteiger partial charge >= 0.3 is 12.1 Å². The molecule has 0 atom stereocenters. The molecule has 0 saturated carbocycles. The second-order valence-electron chi connectivity index (χ2n) is 3.89. The normalized spacial score (nSPS) is 12.0. The maximum absolute atomic E-state index is 12.4. The number of halogens is 3. The molecular weight excluding hydrogens is 277 g/mol. The van der Waals surface area contributed by atoms with Crippen LogP contribution in [0.15, 0.2) is 33.1 Å². The van der Waals surface area contributed by atoms with Gasteiger partial charge in [0, 0.05) is 6.07 Å². The molecular formula is C12H7F3N2O3. The highest BCUT2D eigenvalue weighted by atomic mass is 19.4. The number of ether oxygens (including phenoxy) is 1. The van der Waals surface area contributed by atoms with Crippen molar-refractivity contribution in [1.82, 2.24) is 10.2 Å². The Bertz CT molecular complexity index is 761. The number of hydrogen-bond donors (Lipinski definition) is 0. The van der Waals surface area contributed by atoms with Gasteiger partial charge in [-0.15, -0.1) is 10.2 Å². The third-order valence-corrected chi connectivity index (χ3v) is 2.62. The first-order valence-electron chi connectivity index (χ1n) is 5.46. The lowest BCUT2D eigenvalue weighted by molar-refractivity contribution is -0.157. The van der Waals surface area contributed by atoms with Gasteiger partial charge in [-0.25, -0.2) is 0 Å². The van der Waals surface area contributed by atoms with Gasteiger partial charge in [0.2, 0.25) is 0 Å². The van der Waals surface area contributed by atoms with E-state index in [1.165, 1.54) is 13.2 Å². The highest BCUT2D eigenvalue weighted by Gasteiger charge is 2.38. The lowest BCUT2D eigenvalue weighted by Crippen LogP contribution is -2.04. The summed E-state index contributed by atoms with van der Waals surface area (Å²) in [6.07, 6.45) is -4.69. The Morgan fingerprint density at radius 1 is 1.15 bits per heavy atom. The van der Waals surface area contributed by atoms with Crippen molar-refractivity contribution in [3.8, 4) is 17.4 Å². The van der Waals surface area contributed by atoms with E-state index in [0.717, 1.165) is 0 Å². The Labute approximate surface area is 110 Å². The molecule has 0 aliphatic rings. The van der Waals surface area contributed by atoms with E-state index >= 15 is 0 Å². The molecule has 3 aromatic rings. The Hall–Kier alpha value is -2.51. The molecule has 2 heterocycles. The minimum Gasteiger partial charge on any atom is -0.496 e. The lowest BCUT2D eigenvalue weighted by Gasteiger charge is -1.98. The molecule has 0 spiro atoms. The van der Waals surface area contributed by atoms with Crippen LogP contribution in [0.5, 0.6) is 5.75 Å². The van der Waals surface area contributed by atoms with E-state index in [-0.39, 0.29) is 11.7 Å². The van der Waals surface area contributed by atoms with Gasteiger partial charge in [-0.2, -0.15) is 13.2 Å². The molecule has 0 radical (unpaired) electrons. The molecule has 0 bridgehead atoms. The monoisotopic (exact) mass is 284 g/mol. The summed E-state index contributed by atoms with van der Waals surface area (Å²) >= 11 is 0. The van der Waals surface area contributed by atoms with E-state index in [9.17, 15) is 13.2 Å². The Balaban J connectivity index is 2.09. The molecule has 0 aliphatic carbocycles. The molecule has 0 amide bonds. The standard InChI is InChI=1S/C12H7F3N2O3/c1-18-7-3-2-4-8-6(7)5-9(19-8)10-16-17-11(20-10)12(13,14)15/h2-5H,1H3. The van der Waals surface area contributed by atoms with E-state index in [2.05, 4.69) is 14.6 Å². The van der Waals surface area contributed by atoms with Crippen molar-refractivity contribution in [1.29, 1.82) is 0 Å². The molecule has 0 aliphatic heterocycles. The Morgan fingerprint density at radius 3 is 2.60 bits per heavy atom. The number of nitrogens with zero attached hydrogens (tertiary/aromatic N) is 2. The van der Waals surface area contributed by atoms with Gasteiger partial charge in [0.15, 0.2) is 5.76 Å². The first-order valence-corrected chi connectivity index (χ1v) is 5.46. The van der Waals surface area contributed by atoms with Gasteiger partial charge in [0.05, 0.1) is 12.5 Å². The van der Waals surface area contributed by atoms with Gasteiger partial charge in [-0.05, 0) is 12.1 Å². The lowest BCUT2D eigenvalue weighted by atomic mass is 10.2. The fourth-order valence-corrected chi connectivity index (χ4v) is 1.75. The zero-order valence-corrected chi connectivity index (χ0v) is 10.1. The van der Waals surface area contributed by atoms with Crippen LogP contribution in [0.1, 0.15) is 5.89 Å². The average Bonchev–Trinajstić information content (AvgIpc) is 3.03. The van der Waals surface area contributed by atoms with Crippen molar-refractivity contribution in [3.63, 3.8) is 0 Å². The fourth-order valence-electron chi connectivity index (χ4n) is 1.75. The van der Waals surface area contributed by atoms with Crippen LogP contribution in [0.2, 0.25) is 0 Å². The average molecular weight is 284 g/mol. The van der Waals surface area contributed by atoms with Gasteiger partial charge < -0.3 is 13.6 Å². The van der Waals surface area contributed by atoms with Crippen LogP contribution < -0.4 is 4.74 Å². The predicted molar refractivity (Wildman–Crippen MR) is 61.1 cm³/mol. The van der Waals surface area contributed by atoms with Gasteiger partial charge in [-0.3, -0.25) is 0 Å². The molecule has 0 N–H and O–H groups in total. The molecule has 3 rings (SSSR count). The Kier molecular flexibility index (Phi) is 2.66. The molecule has 0 fully saturated rings. The molecule has 0 unspecified atom stereocenters. The van der Waals surface area contributed by atoms with Crippen LogP contribution in [0.25, 0.3) is 22.6 Å². The highest BCUT2D eigenvalue weighted by Crippen LogP contribution is 2.35. The minimum atomic E-state index is -4.69. The Morgan fingerprint density at radius 2 is 1.95 bits per heavy atom. The summed E-state index contributed by atoms with van der Waals surface area (Å²) in [4.78, 5) is 0. The van der Waals surface area contributed by atoms with Gasteiger partial charge in [0.25, 0.3) is 5.89 Å². The van der Waals surface area contributed by atoms with Crippen LogP contribution in [0, 0.1) is 0 Å².